The average Bonchev–Trinajstić information content (AvgIpc) is 3.32. The molecule has 0 bridgehead atoms. The van der Waals surface area contributed by atoms with Crippen LogP contribution in [0.2, 0.25) is 0 Å². The highest BCUT2D eigenvalue weighted by Crippen LogP contribution is 2.39. The molecule has 2 heterocycles. The van der Waals surface area contributed by atoms with E-state index in [9.17, 15) is 0 Å². The minimum Gasteiger partial charge on any atom is -0.475 e. The Morgan fingerprint density at radius 3 is 2.57 bits per heavy atom. The first-order chi connectivity index (χ1) is 11.3. The summed E-state index contributed by atoms with van der Waals surface area (Å²) in [5, 5.41) is 0. The van der Waals surface area contributed by atoms with E-state index >= 15 is 0 Å². The normalized spacial score (nSPS) is 20.1. The van der Waals surface area contributed by atoms with Crippen LogP contribution >= 0.6 is 0 Å². The Kier molecular flexibility index (Phi) is 7.24. The molecular formula is C18H31N3O2. The SMILES string of the molecule is CC.CCc1nc(C2CC2)nc(OCC2CCCO2)c1CCN. The Labute approximate surface area is 140 Å². The van der Waals surface area contributed by atoms with Gasteiger partial charge < -0.3 is 15.2 Å². The van der Waals surface area contributed by atoms with Crippen LogP contribution in [0.15, 0.2) is 0 Å². The fourth-order valence-electron chi connectivity index (χ4n) is 2.80. The highest BCUT2D eigenvalue weighted by molar-refractivity contribution is 5.33. The van der Waals surface area contributed by atoms with E-state index in [1.165, 1.54) is 12.8 Å². The lowest BCUT2D eigenvalue weighted by molar-refractivity contribution is 0.0657. The smallest absolute Gasteiger partial charge is 0.220 e. The van der Waals surface area contributed by atoms with Gasteiger partial charge in [0.1, 0.15) is 12.4 Å². The second-order valence-corrected chi connectivity index (χ2v) is 5.92. The third-order valence-corrected chi connectivity index (χ3v) is 4.17. The summed E-state index contributed by atoms with van der Waals surface area (Å²) in [4.78, 5) is 9.41. The van der Waals surface area contributed by atoms with Gasteiger partial charge in [-0.05, 0) is 45.1 Å². The maximum absolute atomic E-state index is 6.00. The maximum Gasteiger partial charge on any atom is 0.220 e. The molecule has 2 aliphatic rings. The average molecular weight is 321 g/mol. The zero-order chi connectivity index (χ0) is 16.7. The van der Waals surface area contributed by atoms with Crippen molar-refractivity contribution in [1.29, 1.82) is 0 Å². The minimum atomic E-state index is 0.208. The molecule has 2 N–H and O–H groups in total. The summed E-state index contributed by atoms with van der Waals surface area (Å²) in [6, 6.07) is 0. The second-order valence-electron chi connectivity index (χ2n) is 5.92. The van der Waals surface area contributed by atoms with Crippen molar-refractivity contribution < 1.29 is 9.47 Å². The van der Waals surface area contributed by atoms with Crippen LogP contribution in [-0.4, -0.2) is 35.8 Å². The van der Waals surface area contributed by atoms with Crippen molar-refractivity contribution >= 4 is 0 Å². The molecule has 0 spiro atoms. The molecule has 1 atom stereocenters. The zero-order valence-corrected chi connectivity index (χ0v) is 14.8. The molecule has 1 aromatic rings. The van der Waals surface area contributed by atoms with Gasteiger partial charge in [0.05, 0.1) is 11.8 Å². The van der Waals surface area contributed by atoms with E-state index in [1.807, 2.05) is 13.8 Å². The first-order valence-electron chi connectivity index (χ1n) is 9.16. The van der Waals surface area contributed by atoms with Crippen molar-refractivity contribution in [1.82, 2.24) is 9.97 Å². The fourth-order valence-corrected chi connectivity index (χ4v) is 2.80. The molecule has 130 valence electrons. The van der Waals surface area contributed by atoms with Gasteiger partial charge in [0, 0.05) is 18.1 Å². The molecule has 1 saturated heterocycles. The van der Waals surface area contributed by atoms with Crippen molar-refractivity contribution in [2.24, 2.45) is 5.73 Å². The lowest BCUT2D eigenvalue weighted by Crippen LogP contribution is -2.19. The fraction of sp³-hybridized carbons (Fsp3) is 0.778. The van der Waals surface area contributed by atoms with Gasteiger partial charge in [0.15, 0.2) is 0 Å². The van der Waals surface area contributed by atoms with E-state index in [0.717, 1.165) is 55.3 Å². The van der Waals surface area contributed by atoms with E-state index in [0.29, 0.717) is 19.1 Å². The van der Waals surface area contributed by atoms with Crippen molar-refractivity contribution in [3.05, 3.63) is 17.1 Å². The van der Waals surface area contributed by atoms with Gasteiger partial charge in [-0.15, -0.1) is 0 Å². The summed E-state index contributed by atoms with van der Waals surface area (Å²) in [6.07, 6.45) is 6.48. The number of aromatic nitrogens is 2. The number of rotatable bonds is 7. The number of nitrogens with two attached hydrogens (primary N) is 1. The Hall–Kier alpha value is -1.20. The van der Waals surface area contributed by atoms with Crippen molar-refractivity contribution in [2.75, 3.05) is 19.8 Å². The monoisotopic (exact) mass is 321 g/mol. The van der Waals surface area contributed by atoms with Gasteiger partial charge in [-0.25, -0.2) is 4.98 Å². The van der Waals surface area contributed by atoms with Crippen LogP contribution in [0.5, 0.6) is 5.88 Å². The van der Waals surface area contributed by atoms with Crippen molar-refractivity contribution in [3.8, 4) is 5.88 Å². The Morgan fingerprint density at radius 2 is 2.00 bits per heavy atom. The molecule has 5 heteroatoms. The molecular weight excluding hydrogens is 290 g/mol. The summed E-state index contributed by atoms with van der Waals surface area (Å²) < 4.78 is 11.6. The molecule has 1 unspecified atom stereocenters. The van der Waals surface area contributed by atoms with Crippen LogP contribution in [-0.2, 0) is 17.6 Å². The Balaban J connectivity index is 0.000000924. The lowest BCUT2D eigenvalue weighted by atomic mass is 10.1. The summed E-state index contributed by atoms with van der Waals surface area (Å²) in [5.74, 6) is 2.23. The number of hydrogen-bond acceptors (Lipinski definition) is 5. The van der Waals surface area contributed by atoms with Crippen LogP contribution < -0.4 is 10.5 Å². The first kappa shape index (κ1) is 18.1. The predicted octanol–water partition coefficient (Wildman–Crippen LogP) is 3.00. The van der Waals surface area contributed by atoms with Gasteiger partial charge in [0.25, 0.3) is 0 Å². The number of ether oxygens (including phenoxy) is 2. The van der Waals surface area contributed by atoms with Crippen LogP contribution in [0.1, 0.15) is 69.5 Å². The van der Waals surface area contributed by atoms with Gasteiger partial charge in [0.2, 0.25) is 5.88 Å². The van der Waals surface area contributed by atoms with Gasteiger partial charge >= 0.3 is 0 Å². The standard InChI is InChI=1S/C16H25N3O2.C2H6/c1-2-14-13(7-8-17)16(19-15(18-14)11-5-6-11)21-10-12-4-3-9-20-12;1-2/h11-12H,2-10,17H2,1H3;1-2H3. The maximum atomic E-state index is 6.00. The van der Waals surface area contributed by atoms with E-state index in [-0.39, 0.29) is 6.10 Å². The lowest BCUT2D eigenvalue weighted by Gasteiger charge is -2.16. The first-order valence-corrected chi connectivity index (χ1v) is 9.16. The Morgan fingerprint density at radius 1 is 1.22 bits per heavy atom. The summed E-state index contributed by atoms with van der Waals surface area (Å²) in [6.45, 7) is 8.15. The van der Waals surface area contributed by atoms with E-state index in [1.54, 1.807) is 0 Å². The number of nitrogens with zero attached hydrogens (tertiary/aromatic N) is 2. The molecule has 0 amide bonds. The van der Waals surface area contributed by atoms with Crippen LogP contribution in [0.3, 0.4) is 0 Å². The highest BCUT2D eigenvalue weighted by Gasteiger charge is 2.29. The molecule has 0 aromatic carbocycles. The topological polar surface area (TPSA) is 70.3 Å². The summed E-state index contributed by atoms with van der Waals surface area (Å²) in [5.41, 5.74) is 7.93. The molecule has 1 aliphatic heterocycles. The number of aryl methyl sites for hydroxylation is 1. The van der Waals surface area contributed by atoms with Crippen LogP contribution in [0, 0.1) is 0 Å². The van der Waals surface area contributed by atoms with Crippen LogP contribution in [0.4, 0.5) is 0 Å². The summed E-state index contributed by atoms with van der Waals surface area (Å²) in [7, 11) is 0. The second kappa shape index (κ2) is 9.18. The van der Waals surface area contributed by atoms with E-state index in [2.05, 4.69) is 11.9 Å². The molecule has 1 saturated carbocycles. The quantitative estimate of drug-likeness (QED) is 0.836. The Bertz CT molecular complexity index is 483. The van der Waals surface area contributed by atoms with Gasteiger partial charge in [-0.3, -0.25) is 0 Å². The molecule has 5 nitrogen and oxygen atoms in total. The molecule has 2 fully saturated rings. The zero-order valence-electron chi connectivity index (χ0n) is 14.8. The van der Waals surface area contributed by atoms with Gasteiger partial charge in [-0.2, -0.15) is 4.98 Å². The predicted molar refractivity (Wildman–Crippen MR) is 92.0 cm³/mol. The number of hydrogen-bond donors (Lipinski definition) is 1. The third-order valence-electron chi connectivity index (χ3n) is 4.17. The van der Waals surface area contributed by atoms with Crippen molar-refractivity contribution in [3.63, 3.8) is 0 Å². The third kappa shape index (κ3) is 4.88. The van der Waals surface area contributed by atoms with Crippen LogP contribution in [0.25, 0.3) is 0 Å². The minimum absolute atomic E-state index is 0.208. The van der Waals surface area contributed by atoms with E-state index in [4.69, 9.17) is 20.2 Å². The molecule has 1 aliphatic carbocycles. The van der Waals surface area contributed by atoms with E-state index < -0.39 is 0 Å². The largest absolute Gasteiger partial charge is 0.475 e. The molecule has 0 radical (unpaired) electrons. The van der Waals surface area contributed by atoms with Gasteiger partial charge in [-0.1, -0.05) is 20.8 Å². The molecule has 23 heavy (non-hydrogen) atoms. The summed E-state index contributed by atoms with van der Waals surface area (Å²) >= 11 is 0. The molecule has 1 aromatic heterocycles. The highest BCUT2D eigenvalue weighted by atomic mass is 16.5. The molecule has 3 rings (SSSR count). The van der Waals surface area contributed by atoms with Crippen molar-refractivity contribution in [2.45, 2.75) is 71.3 Å².